The van der Waals surface area contributed by atoms with Gasteiger partial charge < -0.3 is 14.6 Å². The molecule has 1 aliphatic heterocycles. The molecule has 2 amide bonds. The maximum absolute atomic E-state index is 14.0. The second kappa shape index (κ2) is 8.46. The van der Waals surface area contributed by atoms with Crippen molar-refractivity contribution in [2.75, 3.05) is 18.4 Å². The molecule has 3 heterocycles. The normalized spacial score (nSPS) is 16.3. The molecule has 1 fully saturated rings. The van der Waals surface area contributed by atoms with E-state index < -0.39 is 5.82 Å². The summed E-state index contributed by atoms with van der Waals surface area (Å²) in [5, 5.41) is 2.71. The molecular weight excluding hydrogens is 403 g/mol. The molecule has 6 heteroatoms. The van der Waals surface area contributed by atoms with Gasteiger partial charge in [-0.25, -0.2) is 14.2 Å². The lowest BCUT2D eigenvalue weighted by Crippen LogP contribution is -2.42. The van der Waals surface area contributed by atoms with E-state index in [2.05, 4.69) is 47.0 Å². The molecule has 5 rings (SSSR count). The number of piperidine rings is 1. The number of aryl methyl sites for hydroxylation is 1. The summed E-state index contributed by atoms with van der Waals surface area (Å²) in [4.78, 5) is 19.6. The molecule has 4 aromatic rings. The molecular formula is C26H25FN4O. The molecule has 1 atom stereocenters. The first-order valence-electron chi connectivity index (χ1n) is 10.9. The number of carbonyl (C=O) groups is 1. The number of carbonyl (C=O) groups excluding carboxylic acids is 1. The number of hydrogen-bond donors (Lipinski definition) is 1. The number of rotatable bonds is 3. The number of para-hydroxylation sites is 1. The number of nitrogens with zero attached hydrogens (tertiary/aromatic N) is 3. The van der Waals surface area contributed by atoms with Crippen molar-refractivity contribution < 1.29 is 9.18 Å². The number of anilines is 1. The Morgan fingerprint density at radius 1 is 1.06 bits per heavy atom. The van der Waals surface area contributed by atoms with E-state index in [1.54, 1.807) is 23.1 Å². The Morgan fingerprint density at radius 3 is 2.66 bits per heavy atom. The van der Waals surface area contributed by atoms with Crippen molar-refractivity contribution in [1.29, 1.82) is 0 Å². The topological polar surface area (TPSA) is 49.6 Å². The fourth-order valence-corrected chi connectivity index (χ4v) is 4.40. The van der Waals surface area contributed by atoms with Crippen LogP contribution in [0.1, 0.15) is 30.1 Å². The molecule has 0 bridgehead atoms. The highest BCUT2D eigenvalue weighted by Gasteiger charge is 2.29. The van der Waals surface area contributed by atoms with Crippen molar-refractivity contribution in [3.8, 4) is 11.3 Å². The number of nitrogens with one attached hydrogen (secondary N) is 1. The lowest BCUT2D eigenvalue weighted by atomic mass is 9.97. The van der Waals surface area contributed by atoms with Gasteiger partial charge >= 0.3 is 6.03 Å². The van der Waals surface area contributed by atoms with Crippen LogP contribution in [-0.2, 0) is 0 Å². The van der Waals surface area contributed by atoms with Gasteiger partial charge in [-0.2, -0.15) is 0 Å². The van der Waals surface area contributed by atoms with Gasteiger partial charge in [0.2, 0.25) is 0 Å². The quantitative estimate of drug-likeness (QED) is 0.444. The second-order valence-corrected chi connectivity index (χ2v) is 8.34. The molecule has 1 aliphatic rings. The number of pyridine rings is 1. The molecule has 1 unspecified atom stereocenters. The molecule has 1 N–H and O–H groups in total. The van der Waals surface area contributed by atoms with Crippen LogP contribution < -0.4 is 5.32 Å². The summed E-state index contributed by atoms with van der Waals surface area (Å²) in [5.41, 5.74) is 4.50. The number of hydrogen-bond acceptors (Lipinski definition) is 2. The number of benzene rings is 2. The monoisotopic (exact) mass is 428 g/mol. The Balaban J connectivity index is 1.43. The first kappa shape index (κ1) is 20.2. The van der Waals surface area contributed by atoms with E-state index in [9.17, 15) is 9.18 Å². The average Bonchev–Trinajstić information content (AvgIpc) is 3.21. The van der Waals surface area contributed by atoms with E-state index in [0.717, 1.165) is 35.4 Å². The standard InChI is InChI=1S/C26H25FN4O/c1-18-11-13-19(14-12-18)24-23-10-4-5-16-31(23)25(29-24)20-7-6-15-30(17-20)26(32)28-22-9-3-2-8-21(22)27/h2-5,8-14,16,20H,6-7,15,17H2,1H3,(H,28,32). The van der Waals surface area contributed by atoms with Crippen molar-refractivity contribution in [2.45, 2.75) is 25.7 Å². The Bertz CT molecular complexity index is 1260. The van der Waals surface area contributed by atoms with Crippen LogP contribution >= 0.6 is 0 Å². The highest BCUT2D eigenvalue weighted by atomic mass is 19.1. The third-order valence-corrected chi connectivity index (χ3v) is 6.09. The summed E-state index contributed by atoms with van der Waals surface area (Å²) in [6, 6.07) is 20.5. The molecule has 0 saturated carbocycles. The zero-order valence-corrected chi connectivity index (χ0v) is 18.0. The highest BCUT2D eigenvalue weighted by Crippen LogP contribution is 2.32. The van der Waals surface area contributed by atoms with Gasteiger partial charge in [0.15, 0.2) is 0 Å². The van der Waals surface area contributed by atoms with Crippen molar-refractivity contribution in [3.63, 3.8) is 0 Å². The highest BCUT2D eigenvalue weighted by molar-refractivity contribution is 5.89. The van der Waals surface area contributed by atoms with Crippen molar-refractivity contribution in [2.24, 2.45) is 0 Å². The van der Waals surface area contributed by atoms with Crippen molar-refractivity contribution in [1.82, 2.24) is 14.3 Å². The van der Waals surface area contributed by atoms with Crippen LogP contribution in [0.4, 0.5) is 14.9 Å². The number of urea groups is 1. The largest absolute Gasteiger partial charge is 0.324 e. The van der Waals surface area contributed by atoms with Gasteiger partial charge in [0.25, 0.3) is 0 Å². The SMILES string of the molecule is Cc1ccc(-c2nc(C3CCCN(C(=O)Nc4ccccc4F)C3)n3ccccc23)cc1. The number of aromatic nitrogens is 2. The van der Waals surface area contributed by atoms with Crippen molar-refractivity contribution >= 4 is 17.2 Å². The van der Waals surface area contributed by atoms with E-state index in [4.69, 9.17) is 4.98 Å². The summed E-state index contributed by atoms with van der Waals surface area (Å²) in [5.74, 6) is 0.625. The summed E-state index contributed by atoms with van der Waals surface area (Å²) in [6.07, 6.45) is 3.86. The smallest absolute Gasteiger partial charge is 0.321 e. The number of likely N-dealkylation sites (tertiary alicyclic amines) is 1. The first-order chi connectivity index (χ1) is 15.6. The molecule has 5 nitrogen and oxygen atoms in total. The minimum atomic E-state index is -0.434. The van der Waals surface area contributed by atoms with Gasteiger partial charge in [0.05, 0.1) is 16.9 Å². The second-order valence-electron chi connectivity index (χ2n) is 8.34. The molecule has 0 spiro atoms. The summed E-state index contributed by atoms with van der Waals surface area (Å²) in [7, 11) is 0. The van der Waals surface area contributed by atoms with E-state index in [-0.39, 0.29) is 17.6 Å². The third kappa shape index (κ3) is 3.84. The predicted octanol–water partition coefficient (Wildman–Crippen LogP) is 5.86. The van der Waals surface area contributed by atoms with Gasteiger partial charge in [-0.05, 0) is 44.0 Å². The van der Waals surface area contributed by atoms with E-state index in [0.29, 0.717) is 13.1 Å². The molecule has 0 radical (unpaired) electrons. The average molecular weight is 429 g/mol. The fraction of sp³-hybridized carbons (Fsp3) is 0.231. The maximum atomic E-state index is 14.0. The minimum absolute atomic E-state index is 0.101. The fourth-order valence-electron chi connectivity index (χ4n) is 4.40. The van der Waals surface area contributed by atoms with E-state index in [1.807, 2.05) is 18.3 Å². The minimum Gasteiger partial charge on any atom is -0.324 e. The Labute approximate surface area is 186 Å². The first-order valence-corrected chi connectivity index (χ1v) is 10.9. The van der Waals surface area contributed by atoms with Gasteiger partial charge in [-0.15, -0.1) is 0 Å². The molecule has 32 heavy (non-hydrogen) atoms. The zero-order valence-electron chi connectivity index (χ0n) is 18.0. The van der Waals surface area contributed by atoms with Crippen LogP contribution in [0.15, 0.2) is 72.9 Å². The molecule has 2 aromatic heterocycles. The lowest BCUT2D eigenvalue weighted by molar-refractivity contribution is 0.191. The molecule has 162 valence electrons. The Hall–Kier alpha value is -3.67. The molecule has 2 aromatic carbocycles. The van der Waals surface area contributed by atoms with Crippen LogP contribution in [0.3, 0.4) is 0 Å². The van der Waals surface area contributed by atoms with Crippen molar-refractivity contribution in [3.05, 3.63) is 90.1 Å². The van der Waals surface area contributed by atoms with Crippen LogP contribution in [0.25, 0.3) is 16.8 Å². The number of amides is 2. The van der Waals surface area contributed by atoms with Crippen LogP contribution in [0.2, 0.25) is 0 Å². The van der Waals surface area contributed by atoms with E-state index >= 15 is 0 Å². The number of halogens is 1. The van der Waals surface area contributed by atoms with Crippen LogP contribution in [0.5, 0.6) is 0 Å². The van der Waals surface area contributed by atoms with Crippen LogP contribution in [-0.4, -0.2) is 33.4 Å². The van der Waals surface area contributed by atoms with Gasteiger partial charge in [0, 0.05) is 30.8 Å². The Kier molecular flexibility index (Phi) is 5.35. The summed E-state index contributed by atoms with van der Waals surface area (Å²) in [6.45, 7) is 3.26. The molecule has 1 saturated heterocycles. The number of fused-ring (bicyclic) bond motifs is 1. The maximum Gasteiger partial charge on any atom is 0.321 e. The number of imidazole rings is 1. The molecule has 0 aliphatic carbocycles. The summed E-state index contributed by atoms with van der Waals surface area (Å²) < 4.78 is 16.1. The predicted molar refractivity (Wildman–Crippen MR) is 124 cm³/mol. The lowest BCUT2D eigenvalue weighted by Gasteiger charge is -2.32. The third-order valence-electron chi connectivity index (χ3n) is 6.09. The summed E-state index contributed by atoms with van der Waals surface area (Å²) >= 11 is 0. The van der Waals surface area contributed by atoms with Gasteiger partial charge in [-0.3, -0.25) is 0 Å². The Morgan fingerprint density at radius 2 is 1.84 bits per heavy atom. The zero-order chi connectivity index (χ0) is 22.1. The van der Waals surface area contributed by atoms with Gasteiger partial charge in [-0.1, -0.05) is 48.0 Å². The van der Waals surface area contributed by atoms with E-state index in [1.165, 1.54) is 11.6 Å². The van der Waals surface area contributed by atoms with Crippen LogP contribution in [0, 0.1) is 12.7 Å². The van der Waals surface area contributed by atoms with Gasteiger partial charge in [0.1, 0.15) is 11.6 Å².